The third-order valence-electron chi connectivity index (χ3n) is 4.90. The maximum atomic E-state index is 6.43. The first-order valence-electron chi connectivity index (χ1n) is 9.66. The van der Waals surface area contributed by atoms with Gasteiger partial charge in [0.25, 0.3) is 0 Å². The smallest absolute Gasteiger partial charge is 0.200 e. The quantitative estimate of drug-likeness (QED) is 0.886. The van der Waals surface area contributed by atoms with Gasteiger partial charge in [-0.3, -0.25) is 4.98 Å². The van der Waals surface area contributed by atoms with Crippen molar-refractivity contribution < 1.29 is 4.74 Å². The summed E-state index contributed by atoms with van der Waals surface area (Å²) in [5.74, 6) is 2.01. The van der Waals surface area contributed by atoms with Gasteiger partial charge in [0.05, 0.1) is 11.6 Å². The largest absolute Gasteiger partial charge is 0.377 e. The second kappa shape index (κ2) is 7.84. The molecular weight excluding hydrogens is 326 g/mol. The van der Waals surface area contributed by atoms with Crippen LogP contribution in [0, 0.1) is 0 Å². The van der Waals surface area contributed by atoms with Crippen molar-refractivity contribution in [3.63, 3.8) is 0 Å². The summed E-state index contributed by atoms with van der Waals surface area (Å²) in [4.78, 5) is 9.29. The monoisotopic (exact) mass is 357 g/mol. The van der Waals surface area contributed by atoms with E-state index in [0.717, 1.165) is 43.8 Å². The summed E-state index contributed by atoms with van der Waals surface area (Å²) in [5, 5.41) is 4.79. The average Bonchev–Trinajstić information content (AvgIpc) is 3.07. The fourth-order valence-electron chi connectivity index (χ4n) is 3.57. The Morgan fingerprint density at radius 1 is 1.27 bits per heavy atom. The zero-order chi connectivity index (χ0) is 18.7. The topological polar surface area (TPSA) is 78.9 Å². The third kappa shape index (κ3) is 4.13. The van der Waals surface area contributed by atoms with Crippen molar-refractivity contribution in [2.45, 2.75) is 77.0 Å². The molecule has 6 heteroatoms. The summed E-state index contributed by atoms with van der Waals surface area (Å²) >= 11 is 0. The highest BCUT2D eigenvalue weighted by Crippen LogP contribution is 2.35. The van der Waals surface area contributed by atoms with E-state index in [2.05, 4.69) is 37.4 Å². The molecular formula is C20H31N5O. The molecule has 0 aliphatic heterocycles. The number of nitrogens with zero attached hydrogens (tertiary/aromatic N) is 4. The highest BCUT2D eigenvalue weighted by molar-refractivity contribution is 5.48. The van der Waals surface area contributed by atoms with Crippen LogP contribution in [-0.2, 0) is 10.3 Å². The third-order valence-corrected chi connectivity index (χ3v) is 4.90. The zero-order valence-corrected chi connectivity index (χ0v) is 16.4. The van der Waals surface area contributed by atoms with Gasteiger partial charge in [0, 0.05) is 24.8 Å². The fraction of sp³-hybridized carbons (Fsp3) is 0.650. The van der Waals surface area contributed by atoms with E-state index in [1.54, 1.807) is 6.20 Å². The molecule has 2 N–H and O–H groups in total. The van der Waals surface area contributed by atoms with E-state index >= 15 is 0 Å². The van der Waals surface area contributed by atoms with E-state index in [4.69, 9.17) is 20.6 Å². The van der Waals surface area contributed by atoms with Gasteiger partial charge in [0.2, 0.25) is 0 Å². The summed E-state index contributed by atoms with van der Waals surface area (Å²) in [5.41, 5.74) is 7.09. The number of ether oxygens (including phenoxy) is 1. The predicted octanol–water partition coefficient (Wildman–Crippen LogP) is 3.49. The van der Waals surface area contributed by atoms with Crippen molar-refractivity contribution in [2.75, 3.05) is 6.61 Å². The van der Waals surface area contributed by atoms with Crippen molar-refractivity contribution in [1.82, 2.24) is 19.7 Å². The molecule has 2 aromatic rings. The molecule has 3 rings (SSSR count). The first kappa shape index (κ1) is 19.0. The van der Waals surface area contributed by atoms with E-state index in [1.165, 1.54) is 0 Å². The Hall–Kier alpha value is -1.79. The van der Waals surface area contributed by atoms with Gasteiger partial charge in [-0.1, -0.05) is 13.0 Å². The van der Waals surface area contributed by atoms with Gasteiger partial charge in [0.1, 0.15) is 11.5 Å². The normalized spacial score (nSPS) is 24.0. The first-order chi connectivity index (χ1) is 12.4. The molecule has 2 heterocycles. The molecule has 0 amide bonds. The minimum absolute atomic E-state index is 0.0451. The molecule has 1 aliphatic carbocycles. The Balaban J connectivity index is 1.86. The van der Waals surface area contributed by atoms with Gasteiger partial charge in [-0.15, -0.1) is 5.10 Å². The van der Waals surface area contributed by atoms with E-state index in [1.807, 2.05) is 18.2 Å². The first-order valence-corrected chi connectivity index (χ1v) is 9.66. The van der Waals surface area contributed by atoms with Gasteiger partial charge >= 0.3 is 0 Å². The minimum atomic E-state index is -0.144. The Bertz CT molecular complexity index is 707. The molecule has 0 aromatic carbocycles. The summed E-state index contributed by atoms with van der Waals surface area (Å²) in [6, 6.07) is 5.87. The second-order valence-electron chi connectivity index (χ2n) is 8.17. The molecule has 26 heavy (non-hydrogen) atoms. The fourth-order valence-corrected chi connectivity index (χ4v) is 3.57. The van der Waals surface area contributed by atoms with E-state index in [9.17, 15) is 0 Å². The van der Waals surface area contributed by atoms with Crippen LogP contribution in [0.1, 0.15) is 65.1 Å². The predicted molar refractivity (Wildman–Crippen MR) is 103 cm³/mol. The standard InChI is InChI=1S/C20H31N5O/c1-5-12-26-17-10-9-14(13-15(17)21)19-23-18(16-8-6-7-11-22-16)24-25(19)20(2,3)4/h6-8,11,14-15,17H,5,9-10,12-13,21H2,1-4H3/t14-,15+,17+/m0/s1. The Kier molecular flexibility index (Phi) is 5.73. The highest BCUT2D eigenvalue weighted by atomic mass is 16.5. The molecule has 2 aromatic heterocycles. The van der Waals surface area contributed by atoms with Gasteiger partial charge in [-0.2, -0.15) is 0 Å². The van der Waals surface area contributed by atoms with Crippen LogP contribution in [0.25, 0.3) is 11.5 Å². The SMILES string of the molecule is CCCO[C@@H]1CC[C@H](c2nc(-c3ccccn3)nn2C(C)(C)C)C[C@H]1N. The van der Waals surface area contributed by atoms with Crippen LogP contribution in [0.5, 0.6) is 0 Å². The summed E-state index contributed by atoms with van der Waals surface area (Å²) in [7, 11) is 0. The molecule has 0 saturated heterocycles. The molecule has 1 fully saturated rings. The summed E-state index contributed by atoms with van der Waals surface area (Å²) in [6.07, 6.45) is 5.84. The van der Waals surface area contributed by atoms with E-state index < -0.39 is 0 Å². The number of hydrogen-bond acceptors (Lipinski definition) is 5. The van der Waals surface area contributed by atoms with E-state index in [0.29, 0.717) is 11.7 Å². The lowest BCUT2D eigenvalue weighted by Gasteiger charge is -2.34. The van der Waals surface area contributed by atoms with Gasteiger partial charge in [0.15, 0.2) is 5.82 Å². The summed E-state index contributed by atoms with van der Waals surface area (Å²) in [6.45, 7) is 9.38. The maximum absolute atomic E-state index is 6.43. The second-order valence-corrected chi connectivity index (χ2v) is 8.17. The van der Waals surface area contributed by atoms with Gasteiger partial charge < -0.3 is 10.5 Å². The van der Waals surface area contributed by atoms with Crippen molar-refractivity contribution in [3.05, 3.63) is 30.2 Å². The molecule has 0 bridgehead atoms. The number of nitrogens with two attached hydrogens (primary N) is 1. The number of hydrogen-bond donors (Lipinski definition) is 1. The molecule has 6 nitrogen and oxygen atoms in total. The van der Waals surface area contributed by atoms with Crippen LogP contribution >= 0.6 is 0 Å². The molecule has 3 atom stereocenters. The van der Waals surface area contributed by atoms with Crippen LogP contribution < -0.4 is 5.73 Å². The van der Waals surface area contributed by atoms with Crippen molar-refractivity contribution in [1.29, 1.82) is 0 Å². The summed E-state index contributed by atoms with van der Waals surface area (Å²) < 4.78 is 7.98. The molecule has 0 radical (unpaired) electrons. The van der Waals surface area contributed by atoms with Gasteiger partial charge in [-0.25, -0.2) is 9.67 Å². The molecule has 142 valence electrons. The molecule has 0 spiro atoms. The van der Waals surface area contributed by atoms with Crippen molar-refractivity contribution in [3.8, 4) is 11.5 Å². The van der Waals surface area contributed by atoms with Crippen LogP contribution in [0.2, 0.25) is 0 Å². The van der Waals surface area contributed by atoms with Crippen LogP contribution in [0.15, 0.2) is 24.4 Å². The lowest BCUT2D eigenvalue weighted by molar-refractivity contribution is 0.0104. The van der Waals surface area contributed by atoms with Crippen LogP contribution in [-0.4, -0.2) is 38.5 Å². The Morgan fingerprint density at radius 2 is 2.08 bits per heavy atom. The number of rotatable bonds is 5. The number of pyridine rings is 1. The van der Waals surface area contributed by atoms with Crippen molar-refractivity contribution in [2.24, 2.45) is 5.73 Å². The molecule has 0 unspecified atom stereocenters. The van der Waals surface area contributed by atoms with Crippen LogP contribution in [0.3, 0.4) is 0 Å². The molecule has 1 saturated carbocycles. The van der Waals surface area contributed by atoms with E-state index in [-0.39, 0.29) is 17.7 Å². The average molecular weight is 358 g/mol. The Morgan fingerprint density at radius 3 is 2.69 bits per heavy atom. The zero-order valence-electron chi connectivity index (χ0n) is 16.4. The minimum Gasteiger partial charge on any atom is -0.377 e. The van der Waals surface area contributed by atoms with Crippen molar-refractivity contribution >= 4 is 0 Å². The number of aromatic nitrogens is 4. The maximum Gasteiger partial charge on any atom is 0.200 e. The highest BCUT2D eigenvalue weighted by Gasteiger charge is 2.34. The van der Waals surface area contributed by atoms with Gasteiger partial charge in [-0.05, 0) is 58.6 Å². The van der Waals surface area contributed by atoms with Crippen LogP contribution in [0.4, 0.5) is 0 Å². The lowest BCUT2D eigenvalue weighted by atomic mass is 9.83. The Labute approximate surface area is 156 Å². The molecule has 1 aliphatic rings. The lowest BCUT2D eigenvalue weighted by Crippen LogP contribution is -2.42.